The third-order valence-corrected chi connectivity index (χ3v) is 4.33. The van der Waals surface area contributed by atoms with Gasteiger partial charge in [-0.2, -0.15) is 0 Å². The van der Waals surface area contributed by atoms with Crippen molar-refractivity contribution in [3.8, 4) is 0 Å². The van der Waals surface area contributed by atoms with E-state index in [-0.39, 0.29) is 5.69 Å². The Kier molecular flexibility index (Phi) is 5.27. The van der Waals surface area contributed by atoms with Gasteiger partial charge in [-0.1, -0.05) is 0 Å². The van der Waals surface area contributed by atoms with E-state index in [9.17, 15) is 10.1 Å². The van der Waals surface area contributed by atoms with Gasteiger partial charge in [0.2, 0.25) is 0 Å². The molecule has 110 valence electrons. The third kappa shape index (κ3) is 3.65. The van der Waals surface area contributed by atoms with Crippen LogP contribution >= 0.6 is 15.9 Å². The summed E-state index contributed by atoms with van der Waals surface area (Å²) in [6.45, 7) is 7.57. The number of hydrogen-bond acceptors (Lipinski definition) is 6. The first-order valence-electron chi connectivity index (χ1n) is 6.56. The summed E-state index contributed by atoms with van der Waals surface area (Å²) in [6.07, 6.45) is 1.30. The molecule has 1 fully saturated rings. The van der Waals surface area contributed by atoms with E-state index in [4.69, 9.17) is 0 Å². The summed E-state index contributed by atoms with van der Waals surface area (Å²) in [5.41, 5.74) is 0.624. The molecular formula is C12H18BrN5O2. The molecule has 0 bridgehead atoms. The molecule has 2 heterocycles. The van der Waals surface area contributed by atoms with Gasteiger partial charge in [0, 0.05) is 44.8 Å². The van der Waals surface area contributed by atoms with Crippen molar-refractivity contribution < 1.29 is 4.92 Å². The molecule has 0 amide bonds. The number of halogens is 1. The van der Waals surface area contributed by atoms with Crippen LogP contribution in [0.25, 0.3) is 0 Å². The van der Waals surface area contributed by atoms with Gasteiger partial charge in [-0.25, -0.2) is 4.98 Å². The zero-order chi connectivity index (χ0) is 14.5. The molecule has 20 heavy (non-hydrogen) atoms. The van der Waals surface area contributed by atoms with Crippen molar-refractivity contribution in [1.82, 2.24) is 15.2 Å². The zero-order valence-electron chi connectivity index (χ0n) is 11.4. The smallest absolute Gasteiger partial charge is 0.291 e. The maximum atomic E-state index is 10.8. The standard InChI is InChI=1S/C12H18BrN5O2/c1-9-10(18(19)20)8-16-12(11(9)13)15-4-7-17-5-2-14-3-6-17/h8,14H,2-7H2,1H3,(H,15,16). The van der Waals surface area contributed by atoms with Gasteiger partial charge >= 0.3 is 0 Å². The first-order chi connectivity index (χ1) is 9.59. The average molecular weight is 344 g/mol. The topological polar surface area (TPSA) is 83.3 Å². The molecular weight excluding hydrogens is 326 g/mol. The monoisotopic (exact) mass is 343 g/mol. The van der Waals surface area contributed by atoms with Gasteiger partial charge in [0.1, 0.15) is 12.0 Å². The molecule has 0 spiro atoms. The number of piperazine rings is 1. The molecule has 0 radical (unpaired) electrons. The normalized spacial score (nSPS) is 16.1. The largest absolute Gasteiger partial charge is 0.368 e. The van der Waals surface area contributed by atoms with Crippen LogP contribution in [0.5, 0.6) is 0 Å². The van der Waals surface area contributed by atoms with Gasteiger partial charge in [0.25, 0.3) is 5.69 Å². The molecule has 1 aliphatic rings. The van der Waals surface area contributed by atoms with Crippen LogP contribution in [0.1, 0.15) is 5.56 Å². The number of nitrogens with zero attached hydrogens (tertiary/aromatic N) is 3. The van der Waals surface area contributed by atoms with Gasteiger partial charge in [0.05, 0.1) is 9.40 Å². The lowest BCUT2D eigenvalue weighted by Gasteiger charge is -2.27. The fourth-order valence-electron chi connectivity index (χ4n) is 2.14. The Bertz CT molecular complexity index is 491. The lowest BCUT2D eigenvalue weighted by molar-refractivity contribution is -0.385. The molecule has 0 atom stereocenters. The minimum atomic E-state index is -0.419. The summed E-state index contributed by atoms with van der Waals surface area (Å²) in [6, 6.07) is 0. The average Bonchev–Trinajstić information content (AvgIpc) is 2.44. The molecule has 0 aliphatic carbocycles. The number of rotatable bonds is 5. The minimum absolute atomic E-state index is 0.0320. The third-order valence-electron chi connectivity index (χ3n) is 3.36. The van der Waals surface area contributed by atoms with Gasteiger partial charge in [-0.3, -0.25) is 15.0 Å². The number of nitrogens with one attached hydrogen (secondary N) is 2. The van der Waals surface area contributed by atoms with Gasteiger partial charge in [-0.15, -0.1) is 0 Å². The first kappa shape index (κ1) is 15.1. The highest BCUT2D eigenvalue weighted by Gasteiger charge is 2.17. The second-order valence-electron chi connectivity index (χ2n) is 4.71. The van der Waals surface area contributed by atoms with Crippen LogP contribution in [0.3, 0.4) is 0 Å². The number of nitro groups is 1. The van der Waals surface area contributed by atoms with Gasteiger partial charge in [0.15, 0.2) is 0 Å². The van der Waals surface area contributed by atoms with Crippen LogP contribution < -0.4 is 10.6 Å². The van der Waals surface area contributed by atoms with Crippen molar-refractivity contribution in [3.05, 3.63) is 26.3 Å². The molecule has 1 aliphatic heterocycles. The fraction of sp³-hybridized carbons (Fsp3) is 0.583. The van der Waals surface area contributed by atoms with Crippen LogP contribution in [0.2, 0.25) is 0 Å². The Balaban J connectivity index is 1.92. The van der Waals surface area contributed by atoms with Crippen LogP contribution in [0.15, 0.2) is 10.7 Å². The summed E-state index contributed by atoms with van der Waals surface area (Å²) in [5, 5.41) is 17.4. The molecule has 1 saturated heterocycles. The van der Waals surface area contributed by atoms with Crippen molar-refractivity contribution >= 4 is 27.4 Å². The summed E-state index contributed by atoms with van der Waals surface area (Å²) in [5.74, 6) is 0.656. The van der Waals surface area contributed by atoms with E-state index < -0.39 is 4.92 Å². The van der Waals surface area contributed by atoms with Crippen molar-refractivity contribution in [2.75, 3.05) is 44.6 Å². The van der Waals surface area contributed by atoms with E-state index in [0.29, 0.717) is 15.9 Å². The number of hydrogen-bond donors (Lipinski definition) is 2. The van der Waals surface area contributed by atoms with Crippen LogP contribution in [-0.2, 0) is 0 Å². The maximum absolute atomic E-state index is 10.8. The molecule has 0 aromatic carbocycles. The van der Waals surface area contributed by atoms with Crippen molar-refractivity contribution in [2.45, 2.75) is 6.92 Å². The lowest BCUT2D eigenvalue weighted by atomic mass is 10.2. The van der Waals surface area contributed by atoms with Gasteiger partial charge < -0.3 is 10.6 Å². The Morgan fingerprint density at radius 3 is 2.90 bits per heavy atom. The van der Waals surface area contributed by atoms with E-state index in [1.807, 2.05) is 0 Å². The summed E-state index contributed by atoms with van der Waals surface area (Å²) in [4.78, 5) is 16.9. The molecule has 7 nitrogen and oxygen atoms in total. The molecule has 1 aromatic heterocycles. The highest BCUT2D eigenvalue weighted by atomic mass is 79.9. The summed E-state index contributed by atoms with van der Waals surface area (Å²) >= 11 is 3.37. The Hall–Kier alpha value is -1.25. The minimum Gasteiger partial charge on any atom is -0.368 e. The van der Waals surface area contributed by atoms with E-state index in [1.165, 1.54) is 6.20 Å². The highest BCUT2D eigenvalue weighted by molar-refractivity contribution is 9.10. The van der Waals surface area contributed by atoms with E-state index in [2.05, 4.69) is 36.4 Å². The van der Waals surface area contributed by atoms with Crippen LogP contribution in [0.4, 0.5) is 11.5 Å². The molecule has 0 unspecified atom stereocenters. The van der Waals surface area contributed by atoms with Crippen molar-refractivity contribution in [3.63, 3.8) is 0 Å². The fourth-order valence-corrected chi connectivity index (χ4v) is 2.59. The second kappa shape index (κ2) is 6.96. The number of anilines is 1. The first-order valence-corrected chi connectivity index (χ1v) is 7.35. The predicted octanol–water partition coefficient (Wildman–Crippen LogP) is 1.38. The van der Waals surface area contributed by atoms with E-state index in [0.717, 1.165) is 39.3 Å². The molecule has 0 saturated carbocycles. The van der Waals surface area contributed by atoms with Crippen LogP contribution in [0, 0.1) is 17.0 Å². The van der Waals surface area contributed by atoms with Gasteiger partial charge in [-0.05, 0) is 22.9 Å². The summed E-state index contributed by atoms with van der Waals surface area (Å²) < 4.78 is 0.659. The Labute approximate surface area is 126 Å². The number of aromatic nitrogens is 1. The molecule has 8 heteroatoms. The Morgan fingerprint density at radius 1 is 1.55 bits per heavy atom. The van der Waals surface area contributed by atoms with Crippen LogP contribution in [-0.4, -0.2) is 54.1 Å². The highest BCUT2D eigenvalue weighted by Crippen LogP contribution is 2.30. The number of pyridine rings is 1. The molecule has 1 aromatic rings. The van der Waals surface area contributed by atoms with Crippen molar-refractivity contribution in [2.24, 2.45) is 0 Å². The molecule has 2 N–H and O–H groups in total. The zero-order valence-corrected chi connectivity index (χ0v) is 12.9. The predicted molar refractivity (Wildman–Crippen MR) is 81.1 cm³/mol. The SMILES string of the molecule is Cc1c([N+](=O)[O-])cnc(NCCN2CCNCC2)c1Br. The van der Waals surface area contributed by atoms with E-state index in [1.54, 1.807) is 6.92 Å². The summed E-state index contributed by atoms with van der Waals surface area (Å²) in [7, 11) is 0. The maximum Gasteiger partial charge on any atom is 0.291 e. The quantitative estimate of drug-likeness (QED) is 0.620. The Morgan fingerprint density at radius 2 is 2.25 bits per heavy atom. The second-order valence-corrected chi connectivity index (χ2v) is 5.50. The molecule has 2 rings (SSSR count). The van der Waals surface area contributed by atoms with E-state index >= 15 is 0 Å². The van der Waals surface area contributed by atoms with Crippen molar-refractivity contribution in [1.29, 1.82) is 0 Å². The lowest BCUT2D eigenvalue weighted by Crippen LogP contribution is -2.45.